The van der Waals surface area contributed by atoms with E-state index < -0.39 is 97.5 Å². The van der Waals surface area contributed by atoms with Crippen LogP contribution in [0.4, 0.5) is 0 Å². The average Bonchev–Trinajstić information content (AvgIpc) is 1.42. The summed E-state index contributed by atoms with van der Waals surface area (Å²) < 4.78 is 68.5. The SMILES string of the molecule is CCCCCC/C=C\C=C/CCCCCCCC(=O)OC[C@H](COP(=O)(O)OC[C@@H](O)COP(=O)(O)OC[C@@H](COC(=O)CCCCCCCCCCCC)OC(=O)CCCCCCCCCCCCC)OC(=O)CCCCCCCCCCCCCCCCCCCCCCC. The lowest BCUT2D eigenvalue weighted by Crippen LogP contribution is -2.30. The molecule has 19 heteroatoms. The van der Waals surface area contributed by atoms with Crippen molar-refractivity contribution in [2.45, 2.75) is 412 Å². The maximum atomic E-state index is 13.1. The van der Waals surface area contributed by atoms with Crippen LogP contribution in [-0.4, -0.2) is 96.7 Å². The second-order valence-corrected chi connectivity index (χ2v) is 30.3. The molecule has 0 bridgehead atoms. The standard InChI is InChI=1S/C78H148O17P2/c1-5-9-13-17-21-25-29-31-33-34-35-36-37-38-40-42-45-49-53-57-61-65-78(83)95-74(69-89-76(81)63-59-55-51-47-44-41-39-32-30-26-22-18-14-10-6-2)71-93-97(86,87)91-67-72(79)66-90-96(84,85)92-70-73(68-88-75(80)62-58-54-50-46-28-24-20-16-12-8-4)94-77(82)64-60-56-52-48-43-27-23-19-15-11-7-3/h26,30,32,39,72-74,79H,5-25,27-29,31,33-38,40-71H2,1-4H3,(H,84,85)(H,86,87)/b30-26-,39-32-/t72-,73+,74+/m0/s1. The van der Waals surface area contributed by atoms with E-state index in [0.717, 1.165) is 109 Å². The Kier molecular flexibility index (Phi) is 70.1. The third-order valence-electron chi connectivity index (χ3n) is 17.7. The van der Waals surface area contributed by atoms with E-state index >= 15 is 0 Å². The van der Waals surface area contributed by atoms with Gasteiger partial charge in [-0.25, -0.2) is 9.13 Å². The number of aliphatic hydroxyl groups excluding tert-OH is 1. The average molecular weight is 1420 g/mol. The molecule has 0 saturated carbocycles. The number of hydrogen-bond donors (Lipinski definition) is 3. The summed E-state index contributed by atoms with van der Waals surface area (Å²) >= 11 is 0. The summed E-state index contributed by atoms with van der Waals surface area (Å²) in [5.41, 5.74) is 0. The van der Waals surface area contributed by atoms with Crippen LogP contribution in [0.1, 0.15) is 394 Å². The van der Waals surface area contributed by atoms with Crippen molar-refractivity contribution in [1.29, 1.82) is 0 Å². The largest absolute Gasteiger partial charge is 0.472 e. The summed E-state index contributed by atoms with van der Waals surface area (Å²) in [4.78, 5) is 72.8. The Morgan fingerprint density at radius 1 is 0.289 bits per heavy atom. The summed E-state index contributed by atoms with van der Waals surface area (Å²) in [6.07, 6.45) is 66.0. The topological polar surface area (TPSA) is 237 Å². The minimum absolute atomic E-state index is 0.102. The second-order valence-electron chi connectivity index (χ2n) is 27.4. The minimum atomic E-state index is -4.96. The van der Waals surface area contributed by atoms with Crippen LogP contribution in [0.2, 0.25) is 0 Å². The number of esters is 4. The Hall–Kier alpha value is -2.46. The molecule has 0 aliphatic rings. The summed E-state index contributed by atoms with van der Waals surface area (Å²) in [6, 6.07) is 0. The van der Waals surface area contributed by atoms with Gasteiger partial charge in [-0.2, -0.15) is 0 Å². The van der Waals surface area contributed by atoms with Gasteiger partial charge in [0, 0.05) is 25.7 Å². The van der Waals surface area contributed by atoms with E-state index in [1.165, 1.54) is 205 Å². The van der Waals surface area contributed by atoms with Crippen molar-refractivity contribution in [1.82, 2.24) is 0 Å². The highest BCUT2D eigenvalue weighted by Crippen LogP contribution is 2.45. The van der Waals surface area contributed by atoms with Crippen LogP contribution in [0.3, 0.4) is 0 Å². The number of ether oxygens (including phenoxy) is 4. The lowest BCUT2D eigenvalue weighted by atomic mass is 10.0. The summed E-state index contributed by atoms with van der Waals surface area (Å²) in [5.74, 6) is -2.14. The van der Waals surface area contributed by atoms with Crippen LogP contribution < -0.4 is 0 Å². The van der Waals surface area contributed by atoms with Gasteiger partial charge in [-0.1, -0.05) is 341 Å². The van der Waals surface area contributed by atoms with Gasteiger partial charge < -0.3 is 33.8 Å². The molecule has 0 radical (unpaired) electrons. The van der Waals surface area contributed by atoms with Crippen LogP contribution in [0.15, 0.2) is 24.3 Å². The zero-order valence-corrected chi connectivity index (χ0v) is 64.3. The maximum Gasteiger partial charge on any atom is 0.472 e. The van der Waals surface area contributed by atoms with E-state index in [4.69, 9.17) is 37.0 Å². The predicted octanol–water partition coefficient (Wildman–Crippen LogP) is 23.0. The summed E-state index contributed by atoms with van der Waals surface area (Å²) in [6.45, 7) is 4.92. The Morgan fingerprint density at radius 3 is 0.753 bits per heavy atom. The third-order valence-corrected chi connectivity index (χ3v) is 19.6. The Balaban J connectivity index is 5.23. The molecule has 17 nitrogen and oxygen atoms in total. The van der Waals surface area contributed by atoms with Crippen LogP contribution in [-0.2, 0) is 65.4 Å². The molecule has 3 N–H and O–H groups in total. The fraction of sp³-hybridized carbons (Fsp3) is 0.897. The molecule has 0 rings (SSSR count). The van der Waals surface area contributed by atoms with Gasteiger partial charge in [0.15, 0.2) is 12.2 Å². The van der Waals surface area contributed by atoms with Gasteiger partial charge in [-0.15, -0.1) is 0 Å². The molecule has 0 aromatic carbocycles. The zero-order valence-electron chi connectivity index (χ0n) is 62.5. The zero-order chi connectivity index (χ0) is 71.1. The number of carbonyl (C=O) groups is 4. The smallest absolute Gasteiger partial charge is 0.462 e. The molecule has 0 aliphatic heterocycles. The van der Waals surface area contributed by atoms with Gasteiger partial charge in [-0.3, -0.25) is 37.3 Å². The molecule has 0 saturated heterocycles. The number of phosphoric acid groups is 2. The lowest BCUT2D eigenvalue weighted by molar-refractivity contribution is -0.161. The van der Waals surface area contributed by atoms with E-state index in [2.05, 4.69) is 52.0 Å². The van der Waals surface area contributed by atoms with Crippen molar-refractivity contribution in [3.8, 4) is 0 Å². The number of hydrogen-bond acceptors (Lipinski definition) is 15. The van der Waals surface area contributed by atoms with Crippen molar-refractivity contribution >= 4 is 39.5 Å². The van der Waals surface area contributed by atoms with Crippen molar-refractivity contribution in [2.75, 3.05) is 39.6 Å². The van der Waals surface area contributed by atoms with E-state index in [-0.39, 0.29) is 25.7 Å². The molecule has 2 unspecified atom stereocenters. The Bertz CT molecular complexity index is 1940. The fourth-order valence-corrected chi connectivity index (χ4v) is 13.1. The molecule has 0 aromatic rings. The Morgan fingerprint density at radius 2 is 0.495 bits per heavy atom. The highest BCUT2D eigenvalue weighted by Gasteiger charge is 2.30. The fourth-order valence-electron chi connectivity index (χ4n) is 11.6. The molecule has 0 aliphatic carbocycles. The van der Waals surface area contributed by atoms with E-state index in [9.17, 15) is 43.2 Å². The van der Waals surface area contributed by atoms with Gasteiger partial charge in [0.1, 0.15) is 19.3 Å². The molecule has 0 fully saturated rings. The molecule has 0 heterocycles. The molecule has 0 aromatic heterocycles. The van der Waals surface area contributed by atoms with E-state index in [1.54, 1.807) is 0 Å². The van der Waals surface area contributed by atoms with Crippen molar-refractivity contribution < 1.29 is 80.2 Å². The highest BCUT2D eigenvalue weighted by molar-refractivity contribution is 7.47. The molecule has 97 heavy (non-hydrogen) atoms. The van der Waals surface area contributed by atoms with Crippen molar-refractivity contribution in [2.24, 2.45) is 0 Å². The van der Waals surface area contributed by atoms with Crippen molar-refractivity contribution in [3.63, 3.8) is 0 Å². The normalized spacial score (nSPS) is 14.0. The van der Waals surface area contributed by atoms with Gasteiger partial charge in [-0.05, 0) is 51.4 Å². The van der Waals surface area contributed by atoms with Crippen LogP contribution in [0.25, 0.3) is 0 Å². The molecular formula is C78H148O17P2. The van der Waals surface area contributed by atoms with Crippen LogP contribution in [0, 0.1) is 0 Å². The Labute approximate surface area is 592 Å². The monoisotopic (exact) mass is 1420 g/mol. The molecule has 572 valence electrons. The number of allylic oxidation sites excluding steroid dienone is 4. The number of carbonyl (C=O) groups excluding carboxylic acids is 4. The van der Waals surface area contributed by atoms with Crippen molar-refractivity contribution in [3.05, 3.63) is 24.3 Å². The first kappa shape index (κ1) is 94.5. The van der Waals surface area contributed by atoms with Gasteiger partial charge >= 0.3 is 39.5 Å². The number of unbranched alkanes of at least 4 members (excludes halogenated alkanes) is 48. The predicted molar refractivity (Wildman–Crippen MR) is 395 cm³/mol. The first-order chi connectivity index (χ1) is 47.2. The first-order valence-corrected chi connectivity index (χ1v) is 43.1. The highest BCUT2D eigenvalue weighted by atomic mass is 31.2. The molecular weight excluding hydrogens is 1270 g/mol. The number of aliphatic hydroxyl groups is 1. The third kappa shape index (κ3) is 71.7. The van der Waals surface area contributed by atoms with Gasteiger partial charge in [0.05, 0.1) is 26.4 Å². The minimum Gasteiger partial charge on any atom is -0.462 e. The second kappa shape index (κ2) is 71.9. The summed E-state index contributed by atoms with van der Waals surface area (Å²) in [7, 11) is -9.92. The van der Waals surface area contributed by atoms with Crippen LogP contribution in [0.5, 0.6) is 0 Å². The van der Waals surface area contributed by atoms with E-state index in [0.29, 0.717) is 25.7 Å². The van der Waals surface area contributed by atoms with Gasteiger partial charge in [0.2, 0.25) is 0 Å². The van der Waals surface area contributed by atoms with E-state index in [1.807, 2.05) is 0 Å². The quantitative estimate of drug-likeness (QED) is 0.0169. The van der Waals surface area contributed by atoms with Crippen LogP contribution >= 0.6 is 15.6 Å². The summed E-state index contributed by atoms with van der Waals surface area (Å²) in [5, 5.41) is 10.6. The van der Waals surface area contributed by atoms with Gasteiger partial charge in [0.25, 0.3) is 0 Å². The number of phosphoric ester groups is 2. The molecule has 5 atom stereocenters. The maximum absolute atomic E-state index is 13.1. The molecule has 0 spiro atoms. The molecule has 0 amide bonds. The lowest BCUT2D eigenvalue weighted by Gasteiger charge is -2.21. The first-order valence-electron chi connectivity index (χ1n) is 40.1. The number of rotatable bonds is 77.